The summed E-state index contributed by atoms with van der Waals surface area (Å²) >= 11 is 0. The van der Waals surface area contributed by atoms with Crippen molar-refractivity contribution in [3.8, 4) is 0 Å². The molecule has 2 aliphatic heterocycles. The molecule has 0 bridgehead atoms. The van der Waals surface area contributed by atoms with Crippen molar-refractivity contribution < 1.29 is 4.79 Å². The highest BCUT2D eigenvalue weighted by molar-refractivity contribution is 5.85. The lowest BCUT2D eigenvalue weighted by Gasteiger charge is -2.24. The smallest absolute Gasteiger partial charge is 0.230 e. The maximum Gasteiger partial charge on any atom is 0.230 e. The number of rotatable bonds is 4. The third kappa shape index (κ3) is 3.31. The second-order valence-electron chi connectivity index (χ2n) is 7.53. The molecule has 4 rings (SSSR count). The van der Waals surface area contributed by atoms with E-state index in [0.717, 1.165) is 51.3 Å². The predicted molar refractivity (Wildman–Crippen MR) is 97.8 cm³/mol. The lowest BCUT2D eigenvalue weighted by Crippen LogP contribution is -2.36. The zero-order chi connectivity index (χ0) is 17.3. The molecule has 1 spiro atoms. The van der Waals surface area contributed by atoms with E-state index in [9.17, 15) is 4.79 Å². The number of pyridine rings is 1. The number of aromatic nitrogens is 1. The van der Waals surface area contributed by atoms with Gasteiger partial charge in [0.15, 0.2) is 0 Å². The standard InChI is InChI=1S/C21H25N3O/c1-17-5-4-6-18(13-17)14-24-12-9-21(20(24)25)8-11-23(16-21)15-19-7-2-3-10-22-19/h2-7,10,13H,8-9,11-12,14-16H2,1H3/t21-/m1/s1. The average Bonchev–Trinajstić information content (AvgIpc) is 3.15. The van der Waals surface area contributed by atoms with E-state index >= 15 is 0 Å². The van der Waals surface area contributed by atoms with Crippen LogP contribution in [0.3, 0.4) is 0 Å². The molecule has 0 saturated carbocycles. The maximum atomic E-state index is 13.1. The number of aryl methyl sites for hydroxylation is 1. The molecule has 0 radical (unpaired) electrons. The molecule has 25 heavy (non-hydrogen) atoms. The predicted octanol–water partition coefficient (Wildman–Crippen LogP) is 3.01. The monoisotopic (exact) mass is 335 g/mol. The van der Waals surface area contributed by atoms with E-state index in [1.807, 2.05) is 18.3 Å². The van der Waals surface area contributed by atoms with Gasteiger partial charge in [0, 0.05) is 32.4 Å². The van der Waals surface area contributed by atoms with Gasteiger partial charge in [-0.3, -0.25) is 14.7 Å². The van der Waals surface area contributed by atoms with E-state index in [1.165, 1.54) is 11.1 Å². The first kappa shape index (κ1) is 16.3. The first-order valence-electron chi connectivity index (χ1n) is 9.12. The van der Waals surface area contributed by atoms with Gasteiger partial charge in [-0.15, -0.1) is 0 Å². The molecule has 3 heterocycles. The van der Waals surface area contributed by atoms with E-state index in [-0.39, 0.29) is 5.41 Å². The van der Waals surface area contributed by atoms with Crippen molar-refractivity contribution in [2.45, 2.75) is 32.9 Å². The largest absolute Gasteiger partial charge is 0.338 e. The second-order valence-corrected chi connectivity index (χ2v) is 7.53. The van der Waals surface area contributed by atoms with Crippen LogP contribution in [-0.2, 0) is 17.9 Å². The minimum Gasteiger partial charge on any atom is -0.338 e. The van der Waals surface area contributed by atoms with Crippen LogP contribution < -0.4 is 0 Å². The lowest BCUT2D eigenvalue weighted by atomic mass is 9.85. The third-order valence-electron chi connectivity index (χ3n) is 5.60. The molecule has 1 aromatic heterocycles. The molecule has 4 heteroatoms. The summed E-state index contributed by atoms with van der Waals surface area (Å²) < 4.78 is 0. The third-order valence-corrected chi connectivity index (χ3v) is 5.60. The van der Waals surface area contributed by atoms with Gasteiger partial charge in [0.2, 0.25) is 5.91 Å². The molecule has 1 amide bonds. The van der Waals surface area contributed by atoms with Crippen LogP contribution in [0.2, 0.25) is 0 Å². The molecular weight excluding hydrogens is 310 g/mol. The first-order chi connectivity index (χ1) is 12.1. The Bertz CT molecular complexity index is 761. The van der Waals surface area contributed by atoms with E-state index in [2.05, 4.69) is 52.0 Å². The van der Waals surface area contributed by atoms with Gasteiger partial charge in [-0.1, -0.05) is 35.9 Å². The Kier molecular flexibility index (Phi) is 4.30. The fourth-order valence-electron chi connectivity index (χ4n) is 4.27. The summed E-state index contributed by atoms with van der Waals surface area (Å²) in [6.07, 6.45) is 3.80. The van der Waals surface area contributed by atoms with Crippen molar-refractivity contribution in [2.24, 2.45) is 5.41 Å². The highest BCUT2D eigenvalue weighted by atomic mass is 16.2. The Balaban J connectivity index is 1.41. The summed E-state index contributed by atoms with van der Waals surface area (Å²) in [6.45, 7) is 6.41. The number of hydrogen-bond acceptors (Lipinski definition) is 3. The summed E-state index contributed by atoms with van der Waals surface area (Å²) in [4.78, 5) is 22.0. The van der Waals surface area contributed by atoms with Gasteiger partial charge in [-0.05, 0) is 44.0 Å². The van der Waals surface area contributed by atoms with Gasteiger partial charge in [0.05, 0.1) is 11.1 Å². The molecule has 2 aliphatic rings. The minimum atomic E-state index is -0.168. The summed E-state index contributed by atoms with van der Waals surface area (Å²) in [5.41, 5.74) is 3.40. The summed E-state index contributed by atoms with van der Waals surface area (Å²) in [5, 5.41) is 0. The van der Waals surface area contributed by atoms with Crippen molar-refractivity contribution in [1.29, 1.82) is 0 Å². The SMILES string of the molecule is Cc1cccc(CN2CC[C@@]3(CCN(Cc4ccccn4)C3)C2=O)c1. The van der Waals surface area contributed by atoms with Crippen LogP contribution in [0.5, 0.6) is 0 Å². The van der Waals surface area contributed by atoms with Crippen LogP contribution in [0, 0.1) is 12.3 Å². The van der Waals surface area contributed by atoms with E-state index < -0.39 is 0 Å². The van der Waals surface area contributed by atoms with Crippen molar-refractivity contribution in [3.63, 3.8) is 0 Å². The summed E-state index contributed by atoms with van der Waals surface area (Å²) in [5.74, 6) is 0.345. The van der Waals surface area contributed by atoms with Crippen LogP contribution in [0.15, 0.2) is 48.7 Å². The van der Waals surface area contributed by atoms with Crippen LogP contribution in [-0.4, -0.2) is 40.3 Å². The van der Waals surface area contributed by atoms with Crippen LogP contribution >= 0.6 is 0 Å². The summed E-state index contributed by atoms with van der Waals surface area (Å²) in [7, 11) is 0. The fourth-order valence-corrected chi connectivity index (χ4v) is 4.27. The normalized spacial score (nSPS) is 23.7. The molecule has 0 unspecified atom stereocenters. The molecule has 1 atom stereocenters. The molecule has 0 N–H and O–H groups in total. The van der Waals surface area contributed by atoms with Crippen molar-refractivity contribution in [3.05, 3.63) is 65.5 Å². The topological polar surface area (TPSA) is 36.4 Å². The number of hydrogen-bond donors (Lipinski definition) is 0. The quantitative estimate of drug-likeness (QED) is 0.862. The van der Waals surface area contributed by atoms with Crippen LogP contribution in [0.4, 0.5) is 0 Å². The molecule has 2 fully saturated rings. The highest BCUT2D eigenvalue weighted by Gasteiger charge is 2.50. The fraction of sp³-hybridized carbons (Fsp3) is 0.429. The van der Waals surface area contributed by atoms with E-state index in [0.29, 0.717) is 5.91 Å². The Morgan fingerprint density at radius 3 is 2.76 bits per heavy atom. The molecule has 0 aliphatic carbocycles. The Hall–Kier alpha value is -2.20. The second kappa shape index (κ2) is 6.60. The minimum absolute atomic E-state index is 0.168. The van der Waals surface area contributed by atoms with Crippen molar-refractivity contribution in [1.82, 2.24) is 14.8 Å². The molecular formula is C21H25N3O. The van der Waals surface area contributed by atoms with Gasteiger partial charge in [0.25, 0.3) is 0 Å². The van der Waals surface area contributed by atoms with Gasteiger partial charge in [0.1, 0.15) is 0 Å². The number of carbonyl (C=O) groups excluding carboxylic acids is 1. The average molecular weight is 335 g/mol. The van der Waals surface area contributed by atoms with Gasteiger partial charge >= 0.3 is 0 Å². The Morgan fingerprint density at radius 2 is 1.96 bits per heavy atom. The van der Waals surface area contributed by atoms with E-state index in [1.54, 1.807) is 0 Å². The van der Waals surface area contributed by atoms with Crippen molar-refractivity contribution >= 4 is 5.91 Å². The zero-order valence-corrected chi connectivity index (χ0v) is 14.8. The van der Waals surface area contributed by atoms with Gasteiger partial charge in [-0.25, -0.2) is 0 Å². The Labute approximate surface area is 149 Å². The number of carbonyl (C=O) groups is 1. The maximum absolute atomic E-state index is 13.1. The lowest BCUT2D eigenvalue weighted by molar-refractivity contribution is -0.136. The molecule has 1 aromatic carbocycles. The van der Waals surface area contributed by atoms with Gasteiger partial charge in [-0.2, -0.15) is 0 Å². The summed E-state index contributed by atoms with van der Waals surface area (Å²) in [6, 6.07) is 14.5. The molecule has 2 saturated heterocycles. The number of nitrogens with zero attached hydrogens (tertiary/aromatic N) is 3. The molecule has 2 aromatic rings. The number of benzene rings is 1. The molecule has 130 valence electrons. The highest BCUT2D eigenvalue weighted by Crippen LogP contribution is 2.41. The number of amides is 1. The van der Waals surface area contributed by atoms with E-state index in [4.69, 9.17) is 0 Å². The van der Waals surface area contributed by atoms with Gasteiger partial charge < -0.3 is 4.90 Å². The Morgan fingerprint density at radius 1 is 1.08 bits per heavy atom. The van der Waals surface area contributed by atoms with Crippen molar-refractivity contribution in [2.75, 3.05) is 19.6 Å². The first-order valence-corrected chi connectivity index (χ1v) is 9.12. The molecule has 4 nitrogen and oxygen atoms in total. The zero-order valence-electron chi connectivity index (χ0n) is 14.8. The number of likely N-dealkylation sites (tertiary alicyclic amines) is 2. The van der Waals surface area contributed by atoms with Crippen LogP contribution in [0.1, 0.15) is 29.7 Å². The van der Waals surface area contributed by atoms with Crippen LogP contribution in [0.25, 0.3) is 0 Å².